The Bertz CT molecular complexity index is 977. The molecule has 1 unspecified atom stereocenters. The van der Waals surface area contributed by atoms with Gasteiger partial charge in [0.25, 0.3) is 5.91 Å². The van der Waals surface area contributed by atoms with Gasteiger partial charge < -0.3 is 19.2 Å². The van der Waals surface area contributed by atoms with Gasteiger partial charge in [0.05, 0.1) is 12.7 Å². The van der Waals surface area contributed by atoms with Gasteiger partial charge in [0.2, 0.25) is 11.8 Å². The number of ether oxygens (including phenoxy) is 2. The first kappa shape index (κ1) is 21.2. The van der Waals surface area contributed by atoms with Crippen molar-refractivity contribution in [2.45, 2.75) is 32.3 Å². The number of hydrogen-bond acceptors (Lipinski definition) is 6. The maximum absolute atomic E-state index is 12.3. The minimum Gasteiger partial charge on any atom is -0.416 e. The highest BCUT2D eigenvalue weighted by atomic mass is 16.5. The fourth-order valence-corrected chi connectivity index (χ4v) is 3.39. The maximum Gasteiger partial charge on any atom is 0.251 e. The molecule has 0 bridgehead atoms. The molecule has 7 nitrogen and oxygen atoms in total. The summed E-state index contributed by atoms with van der Waals surface area (Å²) in [5.41, 5.74) is 3.40. The van der Waals surface area contributed by atoms with Crippen LogP contribution < -0.4 is 5.32 Å². The predicted octanol–water partition coefficient (Wildman–Crippen LogP) is 4.03. The largest absolute Gasteiger partial charge is 0.416 e. The van der Waals surface area contributed by atoms with Gasteiger partial charge >= 0.3 is 0 Å². The second kappa shape index (κ2) is 10.3. The van der Waals surface area contributed by atoms with E-state index in [1.165, 1.54) is 5.56 Å². The number of nitrogens with zero attached hydrogens (tertiary/aromatic N) is 2. The number of carbonyl (C=O) groups excluding carboxylic acids is 1. The summed E-state index contributed by atoms with van der Waals surface area (Å²) < 4.78 is 16.9. The van der Waals surface area contributed by atoms with Gasteiger partial charge in [0, 0.05) is 36.4 Å². The zero-order valence-electron chi connectivity index (χ0n) is 17.7. The topological polar surface area (TPSA) is 86.5 Å². The van der Waals surface area contributed by atoms with Crippen LogP contribution in [0.4, 0.5) is 0 Å². The van der Waals surface area contributed by atoms with Crippen LogP contribution in [0.5, 0.6) is 0 Å². The molecule has 3 aromatic rings. The van der Waals surface area contributed by atoms with Gasteiger partial charge in [-0.2, -0.15) is 0 Å². The van der Waals surface area contributed by atoms with Crippen molar-refractivity contribution in [2.75, 3.05) is 26.4 Å². The molecule has 0 radical (unpaired) electrons. The summed E-state index contributed by atoms with van der Waals surface area (Å²) in [5.74, 6) is 0.779. The fourth-order valence-electron chi connectivity index (χ4n) is 3.39. The molecular weight excluding hydrogens is 394 g/mol. The number of rotatable bonds is 9. The van der Waals surface area contributed by atoms with E-state index in [-0.39, 0.29) is 12.0 Å². The summed E-state index contributed by atoms with van der Waals surface area (Å²) in [4.78, 5) is 12.3. The maximum atomic E-state index is 12.3. The average Bonchev–Trinajstić information content (AvgIpc) is 3.49. The fraction of sp³-hybridized carbons (Fsp3) is 0.375. The van der Waals surface area contributed by atoms with E-state index >= 15 is 0 Å². The van der Waals surface area contributed by atoms with Gasteiger partial charge in [-0.1, -0.05) is 17.7 Å². The third-order valence-corrected chi connectivity index (χ3v) is 5.20. The third-order valence-electron chi connectivity index (χ3n) is 5.20. The molecule has 4 rings (SSSR count). The van der Waals surface area contributed by atoms with E-state index < -0.39 is 0 Å². The van der Waals surface area contributed by atoms with Crippen molar-refractivity contribution in [2.24, 2.45) is 0 Å². The lowest BCUT2D eigenvalue weighted by Gasteiger charge is -2.10. The number of aryl methyl sites for hydroxylation is 1. The van der Waals surface area contributed by atoms with Gasteiger partial charge in [0.15, 0.2) is 0 Å². The number of nitrogens with one attached hydrogen (secondary N) is 1. The van der Waals surface area contributed by atoms with E-state index in [0.29, 0.717) is 37.1 Å². The minimum atomic E-state index is -0.114. The summed E-state index contributed by atoms with van der Waals surface area (Å²) in [6.07, 6.45) is 3.19. The van der Waals surface area contributed by atoms with Gasteiger partial charge in [-0.3, -0.25) is 4.79 Å². The zero-order valence-corrected chi connectivity index (χ0v) is 17.7. The van der Waals surface area contributed by atoms with E-state index in [2.05, 4.69) is 15.5 Å². The average molecular weight is 421 g/mol. The number of hydrogen-bond donors (Lipinski definition) is 1. The first-order chi connectivity index (χ1) is 15.2. The quantitative estimate of drug-likeness (QED) is 0.525. The van der Waals surface area contributed by atoms with Gasteiger partial charge in [-0.25, -0.2) is 0 Å². The lowest BCUT2D eigenvalue weighted by atomic mass is 10.1. The normalized spacial score (nSPS) is 15.8. The molecule has 1 aromatic heterocycles. The molecule has 0 spiro atoms. The molecule has 1 amide bonds. The molecule has 2 aromatic carbocycles. The van der Waals surface area contributed by atoms with Crippen molar-refractivity contribution in [1.29, 1.82) is 0 Å². The smallest absolute Gasteiger partial charge is 0.251 e. The van der Waals surface area contributed by atoms with Gasteiger partial charge in [0.1, 0.15) is 0 Å². The van der Waals surface area contributed by atoms with Gasteiger partial charge in [-0.15, -0.1) is 10.2 Å². The first-order valence-corrected chi connectivity index (χ1v) is 10.7. The predicted molar refractivity (Wildman–Crippen MR) is 117 cm³/mol. The summed E-state index contributed by atoms with van der Waals surface area (Å²) in [6.45, 7) is 4.68. The highest BCUT2D eigenvalue weighted by molar-refractivity contribution is 5.94. The SMILES string of the molecule is Cc1ccc(-c2nnc(-c3ccc(C(=O)NCCCOCC4CCCO4)cc3)o2)cc1. The van der Waals surface area contributed by atoms with Gasteiger partial charge in [-0.05, 0) is 62.6 Å². The van der Waals surface area contributed by atoms with Crippen molar-refractivity contribution in [3.05, 3.63) is 59.7 Å². The molecule has 31 heavy (non-hydrogen) atoms. The molecule has 1 fully saturated rings. The Morgan fingerprint density at radius 1 is 1.06 bits per heavy atom. The Morgan fingerprint density at radius 2 is 1.74 bits per heavy atom. The monoisotopic (exact) mass is 421 g/mol. The molecule has 1 atom stereocenters. The standard InChI is InChI=1S/C24H27N3O4/c1-17-5-7-19(8-6-17)23-26-27-24(31-23)20-11-9-18(10-12-20)22(28)25-13-3-14-29-16-21-4-2-15-30-21/h5-12,21H,2-4,13-16H2,1H3,(H,25,28). The van der Waals surface area contributed by atoms with Crippen LogP contribution in [0.2, 0.25) is 0 Å². The van der Waals surface area contributed by atoms with Crippen LogP contribution in [0.1, 0.15) is 35.2 Å². The molecule has 1 aliphatic heterocycles. The Balaban J connectivity index is 1.24. The van der Waals surface area contributed by atoms with Crippen LogP contribution in [-0.4, -0.2) is 48.6 Å². The number of aromatic nitrogens is 2. The Hall–Kier alpha value is -3.03. The molecule has 0 saturated carbocycles. The lowest BCUT2D eigenvalue weighted by Crippen LogP contribution is -2.25. The van der Waals surface area contributed by atoms with Crippen molar-refractivity contribution in [3.8, 4) is 22.9 Å². The molecule has 1 N–H and O–H groups in total. The number of benzene rings is 2. The summed E-state index contributed by atoms with van der Waals surface area (Å²) in [6, 6.07) is 15.0. The molecule has 7 heteroatoms. The summed E-state index contributed by atoms with van der Waals surface area (Å²) >= 11 is 0. The zero-order chi connectivity index (χ0) is 21.5. The van der Waals surface area contributed by atoms with E-state index in [1.807, 2.05) is 43.3 Å². The van der Waals surface area contributed by atoms with Crippen LogP contribution in [0.15, 0.2) is 52.9 Å². The second-order valence-corrected chi connectivity index (χ2v) is 7.68. The van der Waals surface area contributed by atoms with E-state index in [0.717, 1.165) is 37.0 Å². The highest BCUT2D eigenvalue weighted by Crippen LogP contribution is 2.24. The first-order valence-electron chi connectivity index (χ1n) is 10.7. The summed E-state index contributed by atoms with van der Waals surface area (Å²) in [5, 5.41) is 11.2. The molecule has 1 aliphatic rings. The van der Waals surface area contributed by atoms with Crippen molar-refractivity contribution >= 4 is 5.91 Å². The van der Waals surface area contributed by atoms with E-state index in [9.17, 15) is 4.79 Å². The number of carbonyl (C=O) groups is 1. The molecule has 162 valence electrons. The van der Waals surface area contributed by atoms with Crippen LogP contribution >= 0.6 is 0 Å². The Labute approximate surface area is 181 Å². The van der Waals surface area contributed by atoms with Crippen LogP contribution in [0.3, 0.4) is 0 Å². The van der Waals surface area contributed by atoms with Crippen LogP contribution in [-0.2, 0) is 9.47 Å². The molecule has 1 saturated heterocycles. The molecular formula is C24H27N3O4. The second-order valence-electron chi connectivity index (χ2n) is 7.68. The van der Waals surface area contributed by atoms with Crippen molar-refractivity contribution in [1.82, 2.24) is 15.5 Å². The van der Waals surface area contributed by atoms with E-state index in [1.54, 1.807) is 12.1 Å². The summed E-state index contributed by atoms with van der Waals surface area (Å²) in [7, 11) is 0. The van der Waals surface area contributed by atoms with Crippen molar-refractivity contribution in [3.63, 3.8) is 0 Å². The van der Waals surface area contributed by atoms with Crippen molar-refractivity contribution < 1.29 is 18.7 Å². The molecule has 0 aliphatic carbocycles. The number of amides is 1. The lowest BCUT2D eigenvalue weighted by molar-refractivity contribution is 0.0166. The van der Waals surface area contributed by atoms with Crippen LogP contribution in [0, 0.1) is 6.92 Å². The van der Waals surface area contributed by atoms with Crippen LogP contribution in [0.25, 0.3) is 22.9 Å². The third kappa shape index (κ3) is 5.77. The molecule has 2 heterocycles. The Morgan fingerprint density at radius 3 is 2.39 bits per heavy atom. The highest BCUT2D eigenvalue weighted by Gasteiger charge is 2.15. The minimum absolute atomic E-state index is 0.114. The van der Waals surface area contributed by atoms with E-state index in [4.69, 9.17) is 13.9 Å². The Kier molecular flexibility index (Phi) is 7.07.